The molecular formula is C25H26F2. The van der Waals surface area contributed by atoms with E-state index in [1.54, 1.807) is 6.07 Å². The third-order valence-electron chi connectivity index (χ3n) is 5.95. The highest BCUT2D eigenvalue weighted by molar-refractivity contribution is 5.84. The molecule has 1 aliphatic rings. The summed E-state index contributed by atoms with van der Waals surface area (Å²) in [6, 6.07) is 15.2. The Kier molecular flexibility index (Phi) is 5.24. The van der Waals surface area contributed by atoms with Crippen LogP contribution < -0.4 is 0 Å². The van der Waals surface area contributed by atoms with Gasteiger partial charge < -0.3 is 0 Å². The lowest BCUT2D eigenvalue weighted by atomic mass is 9.79. The van der Waals surface area contributed by atoms with Gasteiger partial charge in [0, 0.05) is 5.39 Å². The maximum atomic E-state index is 15.3. The van der Waals surface area contributed by atoms with Crippen molar-refractivity contribution < 1.29 is 8.78 Å². The molecule has 0 saturated carbocycles. The smallest absolute Gasteiger partial charge is 0.134 e. The molecule has 0 spiro atoms. The average molecular weight is 364 g/mol. The summed E-state index contributed by atoms with van der Waals surface area (Å²) in [7, 11) is 0. The predicted molar refractivity (Wildman–Crippen MR) is 108 cm³/mol. The predicted octanol–water partition coefficient (Wildman–Crippen LogP) is 7.12. The minimum atomic E-state index is -0.182. The van der Waals surface area contributed by atoms with Crippen molar-refractivity contribution in [2.24, 2.45) is 0 Å². The molecule has 3 aromatic carbocycles. The van der Waals surface area contributed by atoms with Gasteiger partial charge in [0.15, 0.2) is 0 Å². The molecule has 27 heavy (non-hydrogen) atoms. The number of aryl methyl sites for hydroxylation is 2. The zero-order valence-corrected chi connectivity index (χ0v) is 15.9. The van der Waals surface area contributed by atoms with E-state index in [4.69, 9.17) is 0 Å². The Labute approximate surface area is 160 Å². The minimum absolute atomic E-state index is 0.0804. The Bertz CT molecular complexity index is 958. The first-order valence-corrected chi connectivity index (χ1v) is 10.1. The quantitative estimate of drug-likeness (QED) is 0.423. The molecule has 0 N–H and O–H groups in total. The highest BCUT2D eigenvalue weighted by Crippen LogP contribution is 2.36. The Balaban J connectivity index is 1.60. The van der Waals surface area contributed by atoms with Crippen LogP contribution in [0.15, 0.2) is 48.5 Å². The van der Waals surface area contributed by atoms with Crippen LogP contribution in [0.3, 0.4) is 0 Å². The van der Waals surface area contributed by atoms with Crippen LogP contribution in [0.2, 0.25) is 0 Å². The van der Waals surface area contributed by atoms with Crippen molar-refractivity contribution in [3.63, 3.8) is 0 Å². The van der Waals surface area contributed by atoms with Crippen LogP contribution in [0, 0.1) is 11.6 Å². The molecule has 2 heteroatoms. The van der Waals surface area contributed by atoms with Gasteiger partial charge >= 0.3 is 0 Å². The second-order valence-electron chi connectivity index (χ2n) is 7.83. The molecule has 0 bridgehead atoms. The lowest BCUT2D eigenvalue weighted by Gasteiger charge is -2.25. The average Bonchev–Trinajstić information content (AvgIpc) is 2.68. The van der Waals surface area contributed by atoms with Crippen molar-refractivity contribution >= 4 is 10.8 Å². The largest absolute Gasteiger partial charge is 0.207 e. The van der Waals surface area contributed by atoms with Gasteiger partial charge in [-0.15, -0.1) is 0 Å². The summed E-state index contributed by atoms with van der Waals surface area (Å²) in [4.78, 5) is 0. The van der Waals surface area contributed by atoms with E-state index in [1.807, 2.05) is 18.2 Å². The fourth-order valence-electron chi connectivity index (χ4n) is 4.40. The molecule has 0 aromatic heterocycles. The summed E-state index contributed by atoms with van der Waals surface area (Å²) >= 11 is 0. The Hall–Kier alpha value is -2.22. The van der Waals surface area contributed by atoms with Gasteiger partial charge in [0.1, 0.15) is 11.6 Å². The maximum Gasteiger partial charge on any atom is 0.134 e. The highest BCUT2D eigenvalue weighted by Gasteiger charge is 2.23. The van der Waals surface area contributed by atoms with E-state index in [0.717, 1.165) is 53.1 Å². The first kappa shape index (κ1) is 18.2. The van der Waals surface area contributed by atoms with Crippen LogP contribution in [-0.4, -0.2) is 0 Å². The van der Waals surface area contributed by atoms with E-state index in [-0.39, 0.29) is 17.6 Å². The molecule has 0 nitrogen and oxygen atoms in total. The third-order valence-corrected chi connectivity index (χ3v) is 5.95. The molecule has 0 fully saturated rings. The summed E-state index contributed by atoms with van der Waals surface area (Å²) in [5.74, 6) is -0.0985. The van der Waals surface area contributed by atoms with Crippen LogP contribution in [0.4, 0.5) is 8.78 Å². The molecule has 4 rings (SSSR count). The third kappa shape index (κ3) is 3.76. The first-order valence-electron chi connectivity index (χ1n) is 10.1. The van der Waals surface area contributed by atoms with Gasteiger partial charge in [0.2, 0.25) is 0 Å². The molecule has 0 aliphatic heterocycles. The Morgan fingerprint density at radius 2 is 1.81 bits per heavy atom. The van der Waals surface area contributed by atoms with Crippen LogP contribution in [0.1, 0.15) is 60.8 Å². The summed E-state index contributed by atoms with van der Waals surface area (Å²) in [5, 5.41) is 1.71. The molecule has 0 radical (unpaired) electrons. The van der Waals surface area contributed by atoms with Crippen LogP contribution in [0.5, 0.6) is 0 Å². The summed E-state index contributed by atoms with van der Waals surface area (Å²) < 4.78 is 28.7. The number of fused-ring (bicyclic) bond motifs is 2. The zero-order valence-electron chi connectivity index (χ0n) is 15.9. The summed E-state index contributed by atoms with van der Waals surface area (Å²) in [5.41, 5.74) is 4.32. The maximum absolute atomic E-state index is 15.3. The van der Waals surface area contributed by atoms with Crippen molar-refractivity contribution in [2.75, 3.05) is 0 Å². The lowest BCUT2D eigenvalue weighted by Crippen LogP contribution is -2.14. The molecule has 0 heterocycles. The zero-order chi connectivity index (χ0) is 18.8. The van der Waals surface area contributed by atoms with Gasteiger partial charge in [-0.05, 0) is 77.8 Å². The van der Waals surface area contributed by atoms with E-state index in [9.17, 15) is 4.39 Å². The standard InChI is InChI=1S/C25H26F2/c1-2-3-4-5-17-6-12-23-20(14-17)10-13-24(25(23)27)21-8-7-19-16-22(26)11-9-18(19)15-21/h6,9-14,16,21H,2-5,7-8,15H2,1H3. The van der Waals surface area contributed by atoms with Gasteiger partial charge in [-0.25, -0.2) is 8.78 Å². The van der Waals surface area contributed by atoms with Crippen molar-refractivity contribution in [1.29, 1.82) is 0 Å². The molecule has 1 aliphatic carbocycles. The number of hydrogen-bond donors (Lipinski definition) is 0. The van der Waals surface area contributed by atoms with Crippen molar-refractivity contribution in [3.8, 4) is 0 Å². The molecule has 140 valence electrons. The highest BCUT2D eigenvalue weighted by atomic mass is 19.1. The van der Waals surface area contributed by atoms with E-state index in [2.05, 4.69) is 25.1 Å². The second-order valence-corrected chi connectivity index (χ2v) is 7.83. The molecule has 0 saturated heterocycles. The van der Waals surface area contributed by atoms with E-state index >= 15 is 4.39 Å². The topological polar surface area (TPSA) is 0 Å². The normalized spacial score (nSPS) is 16.5. The monoisotopic (exact) mass is 364 g/mol. The number of rotatable bonds is 5. The van der Waals surface area contributed by atoms with Crippen LogP contribution in [-0.2, 0) is 19.3 Å². The fraction of sp³-hybridized carbons (Fsp3) is 0.360. The Morgan fingerprint density at radius 1 is 0.926 bits per heavy atom. The molecule has 1 unspecified atom stereocenters. The van der Waals surface area contributed by atoms with Gasteiger partial charge in [0.05, 0.1) is 0 Å². The van der Waals surface area contributed by atoms with Gasteiger partial charge in [-0.1, -0.05) is 56.2 Å². The van der Waals surface area contributed by atoms with Crippen LogP contribution in [0.25, 0.3) is 10.8 Å². The number of hydrogen-bond acceptors (Lipinski definition) is 0. The molecule has 3 aromatic rings. The van der Waals surface area contributed by atoms with Gasteiger partial charge in [-0.2, -0.15) is 0 Å². The van der Waals surface area contributed by atoms with Gasteiger partial charge in [-0.3, -0.25) is 0 Å². The lowest BCUT2D eigenvalue weighted by molar-refractivity contribution is 0.535. The van der Waals surface area contributed by atoms with Crippen molar-refractivity contribution in [1.82, 2.24) is 0 Å². The molecule has 1 atom stereocenters. The molecule has 0 amide bonds. The molecular weight excluding hydrogens is 338 g/mol. The number of benzene rings is 3. The van der Waals surface area contributed by atoms with E-state index in [1.165, 1.54) is 30.9 Å². The summed E-state index contributed by atoms with van der Waals surface area (Å²) in [6.45, 7) is 2.21. The van der Waals surface area contributed by atoms with E-state index < -0.39 is 0 Å². The first-order chi connectivity index (χ1) is 13.2. The fourth-order valence-corrected chi connectivity index (χ4v) is 4.40. The van der Waals surface area contributed by atoms with Crippen LogP contribution >= 0.6 is 0 Å². The number of halogens is 2. The second kappa shape index (κ2) is 7.80. The van der Waals surface area contributed by atoms with E-state index in [0.29, 0.717) is 0 Å². The van der Waals surface area contributed by atoms with Crippen molar-refractivity contribution in [2.45, 2.75) is 57.8 Å². The summed E-state index contributed by atoms with van der Waals surface area (Å²) in [6.07, 6.45) is 7.15. The minimum Gasteiger partial charge on any atom is -0.207 e. The SMILES string of the molecule is CCCCCc1ccc2c(F)c(C3CCc4cc(F)ccc4C3)ccc2c1. The number of unbranched alkanes of at least 4 members (excludes halogenated alkanes) is 2. The van der Waals surface area contributed by atoms with Crippen molar-refractivity contribution in [3.05, 3.63) is 82.4 Å². The Morgan fingerprint density at radius 3 is 2.67 bits per heavy atom. The van der Waals surface area contributed by atoms with Gasteiger partial charge in [0.25, 0.3) is 0 Å².